The summed E-state index contributed by atoms with van der Waals surface area (Å²) in [6.07, 6.45) is 1.89. The summed E-state index contributed by atoms with van der Waals surface area (Å²) in [6, 6.07) is 6.27. The number of hydrogen-bond acceptors (Lipinski definition) is 3. The highest BCUT2D eigenvalue weighted by Crippen LogP contribution is 2.37. The molecule has 1 aliphatic rings. The summed E-state index contributed by atoms with van der Waals surface area (Å²) in [5, 5.41) is 3.53. The van der Waals surface area contributed by atoms with E-state index in [1.165, 1.54) is 0 Å². The van der Waals surface area contributed by atoms with Crippen molar-refractivity contribution < 1.29 is 9.47 Å². The Kier molecular flexibility index (Phi) is 5.11. The van der Waals surface area contributed by atoms with E-state index < -0.39 is 0 Å². The number of rotatable bonds is 5. The zero-order valence-electron chi connectivity index (χ0n) is 11.7. The van der Waals surface area contributed by atoms with Gasteiger partial charge in [-0.25, -0.2) is 0 Å². The van der Waals surface area contributed by atoms with Crippen LogP contribution in [0.2, 0.25) is 0 Å². The van der Waals surface area contributed by atoms with Crippen LogP contribution >= 0.6 is 0 Å². The van der Waals surface area contributed by atoms with Crippen molar-refractivity contribution in [2.75, 3.05) is 19.8 Å². The average Bonchev–Trinajstić information content (AvgIpc) is 2.47. The number of hydrogen-bond donors (Lipinski definition) is 1. The van der Waals surface area contributed by atoms with Crippen molar-refractivity contribution in [2.24, 2.45) is 0 Å². The van der Waals surface area contributed by atoms with Crippen LogP contribution in [0, 0.1) is 11.8 Å². The molecule has 1 heterocycles. The summed E-state index contributed by atoms with van der Waals surface area (Å²) < 4.78 is 11.4. The molecule has 19 heavy (non-hydrogen) atoms. The minimum atomic E-state index is 0.198. The van der Waals surface area contributed by atoms with Gasteiger partial charge in [0.2, 0.25) is 0 Å². The molecule has 1 aromatic rings. The monoisotopic (exact) mass is 259 g/mol. The maximum absolute atomic E-state index is 5.78. The molecule has 0 saturated carbocycles. The average molecular weight is 259 g/mol. The van der Waals surface area contributed by atoms with Crippen LogP contribution in [0.25, 0.3) is 0 Å². The van der Waals surface area contributed by atoms with E-state index in [1.54, 1.807) is 0 Å². The summed E-state index contributed by atoms with van der Waals surface area (Å²) in [5.74, 6) is 7.84. The van der Waals surface area contributed by atoms with Crippen molar-refractivity contribution in [1.29, 1.82) is 0 Å². The summed E-state index contributed by atoms with van der Waals surface area (Å²) in [7, 11) is 0. The van der Waals surface area contributed by atoms with E-state index in [9.17, 15) is 0 Å². The number of benzene rings is 1. The van der Waals surface area contributed by atoms with Crippen LogP contribution < -0.4 is 14.8 Å². The van der Waals surface area contributed by atoms with Gasteiger partial charge in [-0.2, -0.15) is 0 Å². The molecule has 1 N–H and O–H groups in total. The van der Waals surface area contributed by atoms with Gasteiger partial charge < -0.3 is 14.8 Å². The first kappa shape index (κ1) is 13.8. The standard InChI is InChI=1S/C16H21NO2/c1-3-5-8-14(17-10-4-2)13-7-6-9-15-16(13)19-12-11-18-15/h6-7,9,14,17H,4,8,10-12H2,1-2H3. The number of fused-ring (bicyclic) bond motifs is 1. The van der Waals surface area contributed by atoms with Crippen molar-refractivity contribution in [3.8, 4) is 23.3 Å². The molecule has 3 heteroatoms. The lowest BCUT2D eigenvalue weighted by Gasteiger charge is -2.25. The van der Waals surface area contributed by atoms with Gasteiger partial charge in [0, 0.05) is 18.0 Å². The van der Waals surface area contributed by atoms with E-state index in [-0.39, 0.29) is 6.04 Å². The predicted molar refractivity (Wildman–Crippen MR) is 76.5 cm³/mol. The molecule has 0 fully saturated rings. The molecule has 2 rings (SSSR count). The molecule has 0 bridgehead atoms. The molecule has 102 valence electrons. The zero-order valence-corrected chi connectivity index (χ0v) is 11.7. The highest BCUT2D eigenvalue weighted by molar-refractivity contribution is 5.49. The Morgan fingerprint density at radius 2 is 2.16 bits per heavy atom. The zero-order chi connectivity index (χ0) is 13.5. The quantitative estimate of drug-likeness (QED) is 0.825. The number of ether oxygens (including phenoxy) is 2. The van der Waals surface area contributed by atoms with Gasteiger partial charge in [0.25, 0.3) is 0 Å². The summed E-state index contributed by atoms with van der Waals surface area (Å²) in [6.45, 7) is 6.25. The molecule has 0 aromatic heterocycles. The molecular weight excluding hydrogens is 238 g/mol. The van der Waals surface area contributed by atoms with Gasteiger partial charge >= 0.3 is 0 Å². The summed E-state index contributed by atoms with van der Waals surface area (Å²) in [4.78, 5) is 0. The largest absolute Gasteiger partial charge is 0.486 e. The third-order valence-corrected chi connectivity index (χ3v) is 3.10. The van der Waals surface area contributed by atoms with Crippen LogP contribution in [-0.4, -0.2) is 19.8 Å². The Hall–Kier alpha value is -1.66. The van der Waals surface area contributed by atoms with Crippen LogP contribution in [0.1, 0.15) is 38.3 Å². The Morgan fingerprint density at radius 3 is 2.95 bits per heavy atom. The Bertz CT molecular complexity index is 473. The molecule has 0 spiro atoms. The lowest BCUT2D eigenvalue weighted by Crippen LogP contribution is -2.24. The van der Waals surface area contributed by atoms with Crippen molar-refractivity contribution in [1.82, 2.24) is 5.32 Å². The van der Waals surface area contributed by atoms with E-state index in [0.717, 1.165) is 36.4 Å². The molecule has 1 aromatic carbocycles. The normalized spacial score (nSPS) is 14.4. The van der Waals surface area contributed by atoms with Crippen molar-refractivity contribution >= 4 is 0 Å². The van der Waals surface area contributed by atoms with E-state index in [2.05, 4.69) is 30.1 Å². The lowest BCUT2D eigenvalue weighted by atomic mass is 10.0. The Balaban J connectivity index is 2.25. The second-order valence-corrected chi connectivity index (χ2v) is 4.51. The molecular formula is C16H21NO2. The first-order valence-corrected chi connectivity index (χ1v) is 6.88. The van der Waals surface area contributed by atoms with Crippen LogP contribution in [0.5, 0.6) is 11.5 Å². The third kappa shape index (κ3) is 3.42. The van der Waals surface area contributed by atoms with Crippen LogP contribution in [0.15, 0.2) is 18.2 Å². The summed E-state index contributed by atoms with van der Waals surface area (Å²) in [5.41, 5.74) is 1.15. The first-order valence-electron chi connectivity index (χ1n) is 6.88. The molecule has 1 atom stereocenters. The van der Waals surface area contributed by atoms with Gasteiger partial charge in [0.15, 0.2) is 11.5 Å². The minimum Gasteiger partial charge on any atom is -0.486 e. The fraction of sp³-hybridized carbons (Fsp3) is 0.500. The van der Waals surface area contributed by atoms with Gasteiger partial charge in [0.05, 0.1) is 0 Å². The molecule has 0 amide bonds. The van der Waals surface area contributed by atoms with Crippen molar-refractivity contribution in [3.05, 3.63) is 23.8 Å². The molecule has 1 unspecified atom stereocenters. The highest BCUT2D eigenvalue weighted by Gasteiger charge is 2.21. The second kappa shape index (κ2) is 7.06. The smallest absolute Gasteiger partial charge is 0.166 e. The second-order valence-electron chi connectivity index (χ2n) is 4.51. The molecule has 1 aliphatic heterocycles. The van der Waals surface area contributed by atoms with Gasteiger partial charge in [-0.3, -0.25) is 0 Å². The van der Waals surface area contributed by atoms with E-state index in [0.29, 0.717) is 13.2 Å². The molecule has 0 radical (unpaired) electrons. The SMILES string of the molecule is CC#CCC(NCCC)c1cccc2c1OCCO2. The third-order valence-electron chi connectivity index (χ3n) is 3.10. The van der Waals surface area contributed by atoms with Crippen LogP contribution in [-0.2, 0) is 0 Å². The highest BCUT2D eigenvalue weighted by atomic mass is 16.6. The van der Waals surface area contributed by atoms with Gasteiger partial charge in [-0.1, -0.05) is 19.1 Å². The van der Waals surface area contributed by atoms with E-state index >= 15 is 0 Å². The topological polar surface area (TPSA) is 30.5 Å². The van der Waals surface area contributed by atoms with Gasteiger partial charge in [-0.15, -0.1) is 11.8 Å². The Morgan fingerprint density at radius 1 is 1.32 bits per heavy atom. The number of para-hydroxylation sites is 1. The van der Waals surface area contributed by atoms with E-state index in [4.69, 9.17) is 9.47 Å². The van der Waals surface area contributed by atoms with E-state index in [1.807, 2.05) is 19.1 Å². The fourth-order valence-electron chi connectivity index (χ4n) is 2.19. The summed E-state index contributed by atoms with van der Waals surface area (Å²) >= 11 is 0. The first-order chi connectivity index (χ1) is 9.36. The van der Waals surface area contributed by atoms with Gasteiger partial charge in [-0.05, 0) is 26.0 Å². The maximum atomic E-state index is 5.78. The van der Waals surface area contributed by atoms with Crippen molar-refractivity contribution in [3.63, 3.8) is 0 Å². The minimum absolute atomic E-state index is 0.198. The molecule has 0 saturated heterocycles. The molecule has 3 nitrogen and oxygen atoms in total. The van der Waals surface area contributed by atoms with Crippen LogP contribution in [0.4, 0.5) is 0 Å². The van der Waals surface area contributed by atoms with Crippen molar-refractivity contribution in [2.45, 2.75) is 32.7 Å². The fourth-order valence-corrected chi connectivity index (χ4v) is 2.19. The number of nitrogens with one attached hydrogen (secondary N) is 1. The van der Waals surface area contributed by atoms with Gasteiger partial charge in [0.1, 0.15) is 13.2 Å². The van der Waals surface area contributed by atoms with Crippen LogP contribution in [0.3, 0.4) is 0 Å². The maximum Gasteiger partial charge on any atom is 0.166 e. The Labute approximate surface area is 115 Å². The lowest BCUT2D eigenvalue weighted by molar-refractivity contribution is 0.168. The predicted octanol–water partition coefficient (Wildman–Crippen LogP) is 2.91. The molecule has 0 aliphatic carbocycles.